The molecule has 1 unspecified atom stereocenters. The van der Waals surface area contributed by atoms with Crippen LogP contribution in [0.3, 0.4) is 0 Å². The molecule has 0 fully saturated rings. The van der Waals surface area contributed by atoms with Crippen LogP contribution in [-0.4, -0.2) is 34.7 Å². The molecule has 6 nitrogen and oxygen atoms in total. The predicted molar refractivity (Wildman–Crippen MR) is 55.3 cm³/mol. The van der Waals surface area contributed by atoms with Gasteiger partial charge in [0.1, 0.15) is 12.0 Å². The minimum Gasteiger partial charge on any atom is -0.479 e. The number of carbonyl (C=O) groups is 1. The van der Waals surface area contributed by atoms with Crippen LogP contribution in [0, 0.1) is 0 Å². The fourth-order valence-corrected chi connectivity index (χ4v) is 1.46. The summed E-state index contributed by atoms with van der Waals surface area (Å²) in [7, 11) is 1.28. The fraction of sp³-hybridized carbons (Fsp3) is 0.444. The Hall–Kier alpha value is -2.06. The van der Waals surface area contributed by atoms with Gasteiger partial charge in [-0.3, -0.25) is 4.79 Å². The number of halogens is 3. The van der Waals surface area contributed by atoms with Crippen molar-refractivity contribution in [3.05, 3.63) is 6.33 Å². The lowest BCUT2D eigenvalue weighted by Crippen LogP contribution is -2.60. The lowest BCUT2D eigenvalue weighted by molar-refractivity contribution is -0.179. The monoisotopic (exact) mass is 262 g/mol. The zero-order valence-corrected chi connectivity index (χ0v) is 9.42. The van der Waals surface area contributed by atoms with E-state index in [0.29, 0.717) is 0 Å². The van der Waals surface area contributed by atoms with Gasteiger partial charge in [-0.2, -0.15) is 18.2 Å². The van der Waals surface area contributed by atoms with E-state index in [1.54, 1.807) is 0 Å². The van der Waals surface area contributed by atoms with Crippen molar-refractivity contribution < 1.29 is 22.7 Å². The number of carbonyl (C=O) groups excluding carboxylic acids is 1. The van der Waals surface area contributed by atoms with Crippen LogP contribution >= 0.6 is 0 Å². The second-order valence-electron chi connectivity index (χ2n) is 3.81. The van der Waals surface area contributed by atoms with Crippen molar-refractivity contribution in [2.24, 2.45) is 0 Å². The highest BCUT2D eigenvalue weighted by molar-refractivity contribution is 6.06. The quantitative estimate of drug-likeness (QED) is 0.794. The molecular formula is C9H9F3N4O2. The Morgan fingerprint density at radius 1 is 1.39 bits per heavy atom. The van der Waals surface area contributed by atoms with Gasteiger partial charge in [-0.1, -0.05) is 0 Å². The highest BCUT2D eigenvalue weighted by Gasteiger charge is 2.59. The molecule has 1 atom stereocenters. The number of ether oxygens (including phenoxy) is 1. The Bertz CT molecular complexity index is 505. The Morgan fingerprint density at radius 2 is 2.06 bits per heavy atom. The molecule has 0 radical (unpaired) electrons. The van der Waals surface area contributed by atoms with Crippen LogP contribution in [0.4, 0.5) is 24.7 Å². The fourth-order valence-electron chi connectivity index (χ4n) is 1.46. The van der Waals surface area contributed by atoms with Gasteiger partial charge in [0.15, 0.2) is 5.82 Å². The third kappa shape index (κ3) is 1.62. The normalized spacial score (nSPS) is 22.8. The van der Waals surface area contributed by atoms with E-state index >= 15 is 0 Å². The maximum atomic E-state index is 12.9. The number of fused-ring (bicyclic) bond motifs is 1. The van der Waals surface area contributed by atoms with Gasteiger partial charge in [-0.25, -0.2) is 4.98 Å². The van der Waals surface area contributed by atoms with Gasteiger partial charge in [-0.15, -0.1) is 0 Å². The van der Waals surface area contributed by atoms with E-state index in [9.17, 15) is 18.0 Å². The van der Waals surface area contributed by atoms with E-state index in [2.05, 4.69) is 20.6 Å². The standard InChI is InChI=1S/C9H9F3N4O2/c1-8(9(10,11)12)7(17)15-4-5(16-8)13-3-14-6(4)18-2/h3H,1-2H3,(H,15,17)(H,13,14,16). The zero-order chi connectivity index (χ0) is 13.6. The maximum absolute atomic E-state index is 12.9. The van der Waals surface area contributed by atoms with E-state index in [-0.39, 0.29) is 17.4 Å². The summed E-state index contributed by atoms with van der Waals surface area (Å²) in [6.07, 6.45) is -3.72. The lowest BCUT2D eigenvalue weighted by atomic mass is 9.98. The molecule has 0 bridgehead atoms. The van der Waals surface area contributed by atoms with E-state index < -0.39 is 17.6 Å². The van der Waals surface area contributed by atoms with Crippen LogP contribution in [0.25, 0.3) is 0 Å². The van der Waals surface area contributed by atoms with Crippen LogP contribution in [0.1, 0.15) is 6.92 Å². The van der Waals surface area contributed by atoms with Crippen LogP contribution in [0.2, 0.25) is 0 Å². The van der Waals surface area contributed by atoms with Crippen molar-refractivity contribution in [1.29, 1.82) is 0 Å². The molecule has 2 N–H and O–H groups in total. The first-order valence-corrected chi connectivity index (χ1v) is 4.85. The molecule has 1 aliphatic rings. The average Bonchev–Trinajstić information content (AvgIpc) is 2.28. The molecule has 0 spiro atoms. The van der Waals surface area contributed by atoms with Gasteiger partial charge in [0.2, 0.25) is 11.4 Å². The van der Waals surface area contributed by atoms with Crippen LogP contribution in [0.5, 0.6) is 5.88 Å². The smallest absolute Gasteiger partial charge is 0.420 e. The summed E-state index contributed by atoms with van der Waals surface area (Å²) in [5, 5.41) is 4.17. The summed E-state index contributed by atoms with van der Waals surface area (Å²) in [4.78, 5) is 18.9. The molecule has 2 heterocycles. The number of aromatic nitrogens is 2. The topological polar surface area (TPSA) is 76.1 Å². The second-order valence-corrected chi connectivity index (χ2v) is 3.81. The van der Waals surface area contributed by atoms with Crippen molar-refractivity contribution >= 4 is 17.4 Å². The van der Waals surface area contributed by atoms with Gasteiger partial charge in [-0.05, 0) is 6.92 Å². The van der Waals surface area contributed by atoms with Crippen molar-refractivity contribution in [1.82, 2.24) is 9.97 Å². The van der Waals surface area contributed by atoms with E-state index in [0.717, 1.165) is 13.3 Å². The van der Waals surface area contributed by atoms with Gasteiger partial charge in [0.25, 0.3) is 5.91 Å². The minimum atomic E-state index is -4.76. The Balaban J connectivity index is 2.50. The summed E-state index contributed by atoms with van der Waals surface area (Å²) in [5.74, 6) is -1.39. The third-order valence-corrected chi connectivity index (χ3v) is 2.63. The first kappa shape index (κ1) is 12.4. The molecule has 18 heavy (non-hydrogen) atoms. The highest BCUT2D eigenvalue weighted by atomic mass is 19.4. The van der Waals surface area contributed by atoms with E-state index in [1.165, 1.54) is 7.11 Å². The summed E-state index contributed by atoms with van der Waals surface area (Å²) < 4.78 is 43.4. The molecule has 1 aromatic rings. The highest BCUT2D eigenvalue weighted by Crippen LogP contribution is 2.41. The summed E-state index contributed by atoms with van der Waals surface area (Å²) in [6.45, 7) is 0.736. The van der Waals surface area contributed by atoms with Gasteiger partial charge in [0, 0.05) is 0 Å². The first-order valence-electron chi connectivity index (χ1n) is 4.85. The van der Waals surface area contributed by atoms with Gasteiger partial charge < -0.3 is 15.4 Å². The summed E-state index contributed by atoms with van der Waals surface area (Å²) in [6, 6.07) is 0. The van der Waals surface area contributed by atoms with E-state index in [1.807, 2.05) is 0 Å². The van der Waals surface area contributed by atoms with Gasteiger partial charge >= 0.3 is 6.18 Å². The molecule has 1 aliphatic heterocycles. The molecule has 9 heteroatoms. The molecule has 1 amide bonds. The third-order valence-electron chi connectivity index (χ3n) is 2.63. The van der Waals surface area contributed by atoms with Crippen LogP contribution < -0.4 is 15.4 Å². The molecule has 0 aromatic carbocycles. The number of methoxy groups -OCH3 is 1. The number of hydrogen-bond acceptors (Lipinski definition) is 5. The SMILES string of the molecule is COc1ncnc2c1NC(=O)C(C)(C(F)(F)F)N2. The molecule has 98 valence electrons. The number of nitrogens with zero attached hydrogens (tertiary/aromatic N) is 2. The largest absolute Gasteiger partial charge is 0.479 e. The predicted octanol–water partition coefficient (Wildman–Crippen LogP) is 1.17. The molecule has 0 saturated heterocycles. The van der Waals surface area contributed by atoms with Crippen molar-refractivity contribution in [2.75, 3.05) is 17.7 Å². The van der Waals surface area contributed by atoms with Crippen LogP contribution in [0.15, 0.2) is 6.33 Å². The molecular weight excluding hydrogens is 253 g/mol. The molecule has 2 rings (SSSR count). The summed E-state index contributed by atoms with van der Waals surface area (Å²) in [5.41, 5.74) is -2.74. The van der Waals surface area contributed by atoms with Crippen LogP contribution in [-0.2, 0) is 4.79 Å². The number of anilines is 2. The average molecular weight is 262 g/mol. The number of amides is 1. The van der Waals surface area contributed by atoms with Gasteiger partial charge in [0.05, 0.1) is 7.11 Å². The van der Waals surface area contributed by atoms with Crippen molar-refractivity contribution in [3.8, 4) is 5.88 Å². The number of rotatable bonds is 1. The lowest BCUT2D eigenvalue weighted by Gasteiger charge is -2.36. The minimum absolute atomic E-state index is 0.00766. The van der Waals surface area contributed by atoms with Crippen molar-refractivity contribution in [3.63, 3.8) is 0 Å². The summed E-state index contributed by atoms with van der Waals surface area (Å²) >= 11 is 0. The Labute approximate surface area is 99.6 Å². The number of hydrogen-bond donors (Lipinski definition) is 2. The van der Waals surface area contributed by atoms with E-state index in [4.69, 9.17) is 4.74 Å². The molecule has 1 aromatic heterocycles. The zero-order valence-electron chi connectivity index (χ0n) is 9.42. The number of nitrogens with one attached hydrogen (secondary N) is 2. The Morgan fingerprint density at radius 3 is 2.61 bits per heavy atom. The number of alkyl halides is 3. The second kappa shape index (κ2) is 3.72. The molecule has 0 saturated carbocycles. The van der Waals surface area contributed by atoms with Crippen molar-refractivity contribution in [2.45, 2.75) is 18.6 Å². The Kier molecular flexibility index (Phi) is 2.56. The maximum Gasteiger partial charge on any atom is 0.420 e. The molecule has 0 aliphatic carbocycles. The first-order chi connectivity index (χ1) is 8.29.